The average Bonchev–Trinajstić information content (AvgIpc) is 3.54. The Kier molecular flexibility index (Phi) is 13.2. The van der Waals surface area contributed by atoms with Crippen LogP contribution >= 0.6 is 23.1 Å². The van der Waals surface area contributed by atoms with Crippen LogP contribution in [0, 0.1) is 0 Å². The van der Waals surface area contributed by atoms with E-state index in [4.69, 9.17) is 18.9 Å². The van der Waals surface area contributed by atoms with E-state index < -0.39 is 17.1 Å². The largest absolute Gasteiger partial charge is 0.493 e. The number of hydrogen-bond donors (Lipinski definition) is 3. The number of ether oxygens (including phenoxy) is 4. The Balaban J connectivity index is 1.46. The number of methoxy groups -OCH3 is 3. The second-order valence-corrected chi connectivity index (χ2v) is 12.5. The summed E-state index contributed by atoms with van der Waals surface area (Å²) >= 11 is 2.55. The fourth-order valence-electron chi connectivity index (χ4n) is 4.38. The Morgan fingerprint density at radius 1 is 0.918 bits per heavy atom. The highest BCUT2D eigenvalue weighted by Crippen LogP contribution is 2.38. The van der Waals surface area contributed by atoms with Gasteiger partial charge in [0.2, 0.25) is 11.7 Å². The van der Waals surface area contributed by atoms with E-state index >= 15 is 0 Å². The molecule has 0 spiro atoms. The predicted molar refractivity (Wildman–Crippen MR) is 189 cm³/mol. The van der Waals surface area contributed by atoms with Crippen LogP contribution < -0.4 is 30.2 Å². The smallest absolute Gasteiger partial charge is 0.311 e. The van der Waals surface area contributed by atoms with E-state index in [2.05, 4.69) is 20.9 Å². The van der Waals surface area contributed by atoms with Gasteiger partial charge in [0.25, 0.3) is 11.8 Å². The number of carbonyl (C=O) groups is 4. The maximum atomic E-state index is 13.6. The first-order valence-electron chi connectivity index (χ1n) is 15.0. The van der Waals surface area contributed by atoms with Gasteiger partial charge in [0.1, 0.15) is 5.70 Å². The van der Waals surface area contributed by atoms with Gasteiger partial charge in [-0.25, -0.2) is 4.98 Å². The van der Waals surface area contributed by atoms with Crippen LogP contribution in [0.15, 0.2) is 82.7 Å². The molecule has 3 aromatic carbocycles. The molecule has 1 atom stereocenters. The number of thiazole rings is 1. The molecule has 0 saturated carbocycles. The minimum Gasteiger partial charge on any atom is -0.493 e. The summed E-state index contributed by atoms with van der Waals surface area (Å²) in [5.74, 6) is -0.535. The van der Waals surface area contributed by atoms with Gasteiger partial charge in [-0.05, 0) is 74.0 Å². The third-order valence-electron chi connectivity index (χ3n) is 6.73. The van der Waals surface area contributed by atoms with Gasteiger partial charge in [0.05, 0.1) is 45.3 Å². The first-order chi connectivity index (χ1) is 23.6. The lowest BCUT2D eigenvalue weighted by Crippen LogP contribution is -2.30. The number of rotatable bonds is 15. The van der Waals surface area contributed by atoms with Crippen LogP contribution in [-0.4, -0.2) is 61.9 Å². The maximum Gasteiger partial charge on any atom is 0.311 e. The summed E-state index contributed by atoms with van der Waals surface area (Å²) in [6.07, 6.45) is 1.54. The lowest BCUT2D eigenvalue weighted by Gasteiger charge is -2.15. The normalized spacial score (nSPS) is 11.6. The summed E-state index contributed by atoms with van der Waals surface area (Å²) in [6.45, 7) is 3.78. The summed E-state index contributed by atoms with van der Waals surface area (Å²) in [5.41, 5.74) is 1.85. The van der Waals surface area contributed by atoms with Crippen molar-refractivity contribution in [2.24, 2.45) is 0 Å². The molecule has 1 unspecified atom stereocenters. The molecule has 4 aromatic rings. The highest BCUT2D eigenvalue weighted by atomic mass is 32.2. The van der Waals surface area contributed by atoms with E-state index in [1.54, 1.807) is 86.0 Å². The zero-order valence-corrected chi connectivity index (χ0v) is 29.2. The van der Waals surface area contributed by atoms with Crippen LogP contribution in [0.25, 0.3) is 6.08 Å². The molecular formula is C35H36N4O8S2. The van der Waals surface area contributed by atoms with Crippen LogP contribution in [0.1, 0.15) is 35.5 Å². The molecule has 3 N–H and O–H groups in total. The standard InChI is InChI=1S/C35H36N4O8S2/c1-6-47-30(40)19-25-20-48-35(37-25)39-32(41)21(2)49-26-14-12-24(13-15-26)36-34(43)27(38-33(42)23-10-8-7-9-11-23)16-22-17-28(44-3)31(46-5)29(18-22)45-4/h7-18,20-21H,6,19H2,1-5H3,(H,36,43)(H,38,42)(H,37,39,41)/b27-16-. The summed E-state index contributed by atoms with van der Waals surface area (Å²) in [7, 11) is 4.45. The topological polar surface area (TPSA) is 154 Å². The second-order valence-electron chi connectivity index (χ2n) is 10.2. The van der Waals surface area contributed by atoms with E-state index in [-0.39, 0.29) is 30.6 Å². The summed E-state index contributed by atoms with van der Waals surface area (Å²) in [4.78, 5) is 56.2. The van der Waals surface area contributed by atoms with Crippen molar-refractivity contribution < 1.29 is 38.1 Å². The number of hydrogen-bond acceptors (Lipinski definition) is 11. The Bertz CT molecular complexity index is 1780. The molecule has 0 radical (unpaired) electrons. The minimum absolute atomic E-state index is 0.0283. The number of aromatic nitrogens is 1. The summed E-state index contributed by atoms with van der Waals surface area (Å²) in [6, 6.07) is 18.8. The van der Waals surface area contributed by atoms with Crippen molar-refractivity contribution in [2.45, 2.75) is 30.4 Å². The first kappa shape index (κ1) is 36.5. The predicted octanol–water partition coefficient (Wildman–Crippen LogP) is 5.80. The summed E-state index contributed by atoms with van der Waals surface area (Å²) in [5, 5.41) is 9.94. The highest BCUT2D eigenvalue weighted by Gasteiger charge is 2.19. The third kappa shape index (κ3) is 10.3. The number of thioether (sulfide) groups is 1. The van der Waals surface area contributed by atoms with Gasteiger partial charge >= 0.3 is 5.97 Å². The van der Waals surface area contributed by atoms with Gasteiger partial charge < -0.3 is 34.9 Å². The minimum atomic E-state index is -0.572. The lowest BCUT2D eigenvalue weighted by atomic mass is 10.1. The van der Waals surface area contributed by atoms with Crippen molar-refractivity contribution in [3.05, 3.63) is 94.6 Å². The molecule has 49 heavy (non-hydrogen) atoms. The molecule has 0 fully saturated rings. The molecule has 256 valence electrons. The van der Waals surface area contributed by atoms with Crippen LogP contribution in [0.5, 0.6) is 17.2 Å². The van der Waals surface area contributed by atoms with Crippen LogP contribution in [0.2, 0.25) is 0 Å². The van der Waals surface area contributed by atoms with E-state index in [0.717, 1.165) is 4.90 Å². The zero-order chi connectivity index (χ0) is 35.3. The van der Waals surface area contributed by atoms with E-state index in [1.807, 2.05) is 0 Å². The molecule has 14 heteroatoms. The van der Waals surface area contributed by atoms with Crippen molar-refractivity contribution in [1.82, 2.24) is 10.3 Å². The first-order valence-corrected chi connectivity index (χ1v) is 16.8. The molecule has 0 bridgehead atoms. The van der Waals surface area contributed by atoms with E-state index in [9.17, 15) is 19.2 Å². The molecule has 0 saturated heterocycles. The fourth-order valence-corrected chi connectivity index (χ4v) is 5.96. The molecule has 0 aliphatic heterocycles. The van der Waals surface area contributed by atoms with E-state index in [0.29, 0.717) is 44.9 Å². The van der Waals surface area contributed by atoms with Gasteiger partial charge in [-0.2, -0.15) is 0 Å². The number of carbonyl (C=O) groups excluding carboxylic acids is 4. The van der Waals surface area contributed by atoms with Crippen molar-refractivity contribution in [2.75, 3.05) is 38.6 Å². The van der Waals surface area contributed by atoms with Gasteiger partial charge in [0, 0.05) is 21.5 Å². The molecule has 12 nitrogen and oxygen atoms in total. The number of amides is 3. The van der Waals surface area contributed by atoms with Crippen LogP contribution in [0.3, 0.4) is 0 Å². The number of nitrogens with one attached hydrogen (secondary N) is 3. The average molecular weight is 705 g/mol. The number of nitrogens with zero attached hydrogens (tertiary/aromatic N) is 1. The second kappa shape index (κ2) is 17.7. The Morgan fingerprint density at radius 2 is 1.59 bits per heavy atom. The van der Waals surface area contributed by atoms with Crippen LogP contribution in [-0.2, 0) is 25.5 Å². The molecule has 0 aliphatic rings. The van der Waals surface area contributed by atoms with Crippen molar-refractivity contribution >= 4 is 63.7 Å². The number of anilines is 2. The van der Waals surface area contributed by atoms with Crippen molar-refractivity contribution in [1.29, 1.82) is 0 Å². The maximum absolute atomic E-state index is 13.6. The number of benzene rings is 3. The Hall–Kier alpha value is -5.34. The summed E-state index contributed by atoms with van der Waals surface area (Å²) < 4.78 is 21.2. The Labute approximate surface area is 292 Å². The Morgan fingerprint density at radius 3 is 2.20 bits per heavy atom. The molecular weight excluding hydrogens is 669 g/mol. The zero-order valence-electron chi connectivity index (χ0n) is 27.5. The fraction of sp³-hybridized carbons (Fsp3) is 0.229. The van der Waals surface area contributed by atoms with Gasteiger partial charge in [-0.15, -0.1) is 23.1 Å². The monoisotopic (exact) mass is 704 g/mol. The number of esters is 1. The van der Waals surface area contributed by atoms with Gasteiger partial charge in [-0.1, -0.05) is 18.2 Å². The third-order valence-corrected chi connectivity index (χ3v) is 8.65. The lowest BCUT2D eigenvalue weighted by molar-refractivity contribution is -0.142. The van der Waals surface area contributed by atoms with Crippen molar-refractivity contribution in [3.8, 4) is 17.2 Å². The van der Waals surface area contributed by atoms with Crippen LogP contribution in [0.4, 0.5) is 10.8 Å². The molecule has 0 aliphatic carbocycles. The highest BCUT2D eigenvalue weighted by molar-refractivity contribution is 8.00. The van der Waals surface area contributed by atoms with Gasteiger partial charge in [-0.3, -0.25) is 19.2 Å². The molecule has 3 amide bonds. The van der Waals surface area contributed by atoms with Crippen molar-refractivity contribution in [3.63, 3.8) is 0 Å². The van der Waals surface area contributed by atoms with E-state index in [1.165, 1.54) is 50.5 Å². The quantitative estimate of drug-likeness (QED) is 0.0786. The van der Waals surface area contributed by atoms with Gasteiger partial charge in [0.15, 0.2) is 16.6 Å². The SMILES string of the molecule is CCOC(=O)Cc1csc(NC(=O)C(C)Sc2ccc(NC(=O)/C(=C/c3cc(OC)c(OC)c(OC)c3)NC(=O)c3ccccc3)cc2)n1. The molecule has 1 heterocycles. The molecule has 1 aromatic heterocycles. The molecule has 4 rings (SSSR count).